The third-order valence-electron chi connectivity index (χ3n) is 4.02. The molecule has 2 rings (SSSR count). The fraction of sp³-hybridized carbons (Fsp3) is 0.562. The average molecular weight is 275 g/mol. The topological polar surface area (TPSA) is 44.4 Å². The molecule has 4 nitrogen and oxygen atoms in total. The molecular weight excluding hydrogens is 250 g/mol. The molecule has 1 aliphatic heterocycles. The van der Waals surface area contributed by atoms with E-state index in [9.17, 15) is 4.79 Å². The van der Waals surface area contributed by atoms with Crippen LogP contribution < -0.4 is 10.6 Å². The Hall–Kier alpha value is -1.39. The monoisotopic (exact) mass is 275 g/mol. The highest BCUT2D eigenvalue weighted by Crippen LogP contribution is 2.18. The van der Waals surface area contributed by atoms with E-state index in [1.165, 1.54) is 11.1 Å². The smallest absolute Gasteiger partial charge is 0.251 e. The van der Waals surface area contributed by atoms with Crippen LogP contribution >= 0.6 is 0 Å². The number of hydrogen-bond donors (Lipinski definition) is 2. The average Bonchev–Trinajstić information content (AvgIpc) is 2.46. The highest BCUT2D eigenvalue weighted by atomic mass is 16.1. The number of amides is 1. The van der Waals surface area contributed by atoms with Gasteiger partial charge in [-0.3, -0.25) is 4.79 Å². The second kappa shape index (κ2) is 6.86. The molecule has 110 valence electrons. The van der Waals surface area contributed by atoms with Crippen molar-refractivity contribution in [2.75, 3.05) is 26.7 Å². The summed E-state index contributed by atoms with van der Waals surface area (Å²) in [5, 5.41) is 6.37. The molecule has 0 saturated heterocycles. The van der Waals surface area contributed by atoms with Crippen LogP contribution in [-0.2, 0) is 13.0 Å². The van der Waals surface area contributed by atoms with Gasteiger partial charge in [-0.15, -0.1) is 0 Å². The maximum absolute atomic E-state index is 12.3. The zero-order chi connectivity index (χ0) is 14.5. The van der Waals surface area contributed by atoms with E-state index < -0.39 is 0 Å². The summed E-state index contributed by atoms with van der Waals surface area (Å²) >= 11 is 0. The van der Waals surface area contributed by atoms with E-state index in [0.717, 1.165) is 31.6 Å². The number of fused-ring (bicyclic) bond motifs is 1. The highest BCUT2D eigenvalue weighted by molar-refractivity contribution is 5.96. The quantitative estimate of drug-likeness (QED) is 0.854. The summed E-state index contributed by atoms with van der Waals surface area (Å²) < 4.78 is 0. The Labute approximate surface area is 121 Å². The molecule has 2 N–H and O–H groups in total. The number of hydrogen-bond acceptors (Lipinski definition) is 3. The molecule has 0 radical (unpaired) electrons. The highest BCUT2D eigenvalue weighted by Gasteiger charge is 2.16. The van der Waals surface area contributed by atoms with Crippen molar-refractivity contribution >= 4 is 5.91 Å². The number of carbonyl (C=O) groups is 1. The summed E-state index contributed by atoms with van der Waals surface area (Å²) in [7, 11) is 2.08. The molecule has 0 unspecified atom stereocenters. The Morgan fingerprint density at radius 1 is 1.45 bits per heavy atom. The maximum Gasteiger partial charge on any atom is 0.251 e. The number of rotatable bonds is 5. The molecule has 4 heteroatoms. The summed E-state index contributed by atoms with van der Waals surface area (Å²) in [5.41, 5.74) is 3.31. The lowest BCUT2D eigenvalue weighted by Crippen LogP contribution is -2.36. The number of likely N-dealkylation sites (N-methyl/N-ethyl adjacent to an activating group) is 1. The van der Waals surface area contributed by atoms with Gasteiger partial charge in [-0.2, -0.15) is 0 Å². The first-order chi connectivity index (χ1) is 9.59. The van der Waals surface area contributed by atoms with Crippen molar-refractivity contribution in [1.82, 2.24) is 15.5 Å². The van der Waals surface area contributed by atoms with Crippen LogP contribution in [0.15, 0.2) is 18.2 Å². The molecule has 0 fully saturated rings. The maximum atomic E-state index is 12.3. The van der Waals surface area contributed by atoms with Crippen molar-refractivity contribution in [1.29, 1.82) is 0 Å². The van der Waals surface area contributed by atoms with Gasteiger partial charge in [0.05, 0.1) is 0 Å². The summed E-state index contributed by atoms with van der Waals surface area (Å²) in [4.78, 5) is 14.5. The zero-order valence-electron chi connectivity index (χ0n) is 12.7. The van der Waals surface area contributed by atoms with Crippen LogP contribution in [-0.4, -0.2) is 43.5 Å². The second-order valence-corrected chi connectivity index (χ2v) is 5.70. The molecule has 0 aliphatic carbocycles. The third kappa shape index (κ3) is 3.58. The number of nitrogens with one attached hydrogen (secondary N) is 2. The van der Waals surface area contributed by atoms with E-state index >= 15 is 0 Å². The first-order valence-corrected chi connectivity index (χ1v) is 7.39. The van der Waals surface area contributed by atoms with Crippen LogP contribution in [0, 0.1) is 0 Å². The molecule has 20 heavy (non-hydrogen) atoms. The predicted octanol–water partition coefficient (Wildman–Crippen LogP) is 1.40. The van der Waals surface area contributed by atoms with Gasteiger partial charge in [0.2, 0.25) is 0 Å². The minimum atomic E-state index is 0.0564. The van der Waals surface area contributed by atoms with E-state index in [4.69, 9.17) is 0 Å². The Morgan fingerprint density at radius 3 is 3.00 bits per heavy atom. The summed E-state index contributed by atoms with van der Waals surface area (Å²) in [6, 6.07) is 6.51. The number of benzene rings is 1. The van der Waals surface area contributed by atoms with Gasteiger partial charge in [-0.1, -0.05) is 12.1 Å². The van der Waals surface area contributed by atoms with Crippen molar-refractivity contribution in [3.05, 3.63) is 34.9 Å². The Bertz CT molecular complexity index is 471. The lowest BCUT2D eigenvalue weighted by molar-refractivity contribution is 0.0947. The SMILES string of the molecule is CC(C)N(C)CCNC(=O)c1cccc2c1CCNC2. The van der Waals surface area contributed by atoms with Gasteiger partial charge in [0, 0.05) is 31.2 Å². The molecule has 1 aliphatic rings. The van der Waals surface area contributed by atoms with E-state index in [1.54, 1.807) is 0 Å². The van der Waals surface area contributed by atoms with Crippen molar-refractivity contribution in [2.45, 2.75) is 32.9 Å². The molecule has 0 bridgehead atoms. The summed E-state index contributed by atoms with van der Waals surface area (Å²) in [6.07, 6.45) is 0.935. The van der Waals surface area contributed by atoms with Crippen LogP contribution in [0.1, 0.15) is 35.3 Å². The van der Waals surface area contributed by atoms with E-state index in [1.807, 2.05) is 12.1 Å². The lowest BCUT2D eigenvalue weighted by atomic mass is 9.95. The van der Waals surface area contributed by atoms with Gasteiger partial charge in [0.25, 0.3) is 5.91 Å². The normalized spacial score (nSPS) is 14.4. The van der Waals surface area contributed by atoms with Crippen LogP contribution in [0.2, 0.25) is 0 Å². The molecular formula is C16H25N3O. The van der Waals surface area contributed by atoms with E-state index in [-0.39, 0.29) is 5.91 Å². The minimum Gasteiger partial charge on any atom is -0.351 e. The number of nitrogens with zero attached hydrogens (tertiary/aromatic N) is 1. The molecule has 1 aromatic carbocycles. The minimum absolute atomic E-state index is 0.0564. The Balaban J connectivity index is 1.96. The first-order valence-electron chi connectivity index (χ1n) is 7.39. The Morgan fingerprint density at radius 2 is 2.25 bits per heavy atom. The standard InChI is InChI=1S/C16H25N3O/c1-12(2)19(3)10-9-18-16(20)15-6-4-5-13-11-17-8-7-14(13)15/h4-6,12,17H,7-11H2,1-3H3,(H,18,20). The fourth-order valence-electron chi connectivity index (χ4n) is 2.44. The molecule has 1 aromatic rings. The van der Waals surface area contributed by atoms with Crippen LogP contribution in [0.4, 0.5) is 0 Å². The van der Waals surface area contributed by atoms with Crippen molar-refractivity contribution in [3.63, 3.8) is 0 Å². The van der Waals surface area contributed by atoms with Gasteiger partial charge in [-0.05, 0) is 51.1 Å². The molecule has 0 spiro atoms. The van der Waals surface area contributed by atoms with Crippen molar-refractivity contribution in [2.24, 2.45) is 0 Å². The largest absolute Gasteiger partial charge is 0.351 e. The van der Waals surface area contributed by atoms with Gasteiger partial charge in [0.1, 0.15) is 0 Å². The molecule has 0 saturated carbocycles. The van der Waals surface area contributed by atoms with Crippen molar-refractivity contribution < 1.29 is 4.79 Å². The fourth-order valence-corrected chi connectivity index (χ4v) is 2.44. The lowest BCUT2D eigenvalue weighted by Gasteiger charge is -2.22. The Kier molecular flexibility index (Phi) is 5.15. The van der Waals surface area contributed by atoms with Crippen molar-refractivity contribution in [3.8, 4) is 0 Å². The predicted molar refractivity (Wildman–Crippen MR) is 82.0 cm³/mol. The second-order valence-electron chi connectivity index (χ2n) is 5.70. The van der Waals surface area contributed by atoms with Gasteiger partial charge >= 0.3 is 0 Å². The molecule has 1 amide bonds. The van der Waals surface area contributed by atoms with Crippen LogP contribution in [0.3, 0.4) is 0 Å². The summed E-state index contributed by atoms with van der Waals surface area (Å²) in [5.74, 6) is 0.0564. The summed E-state index contributed by atoms with van der Waals surface area (Å²) in [6.45, 7) is 7.69. The van der Waals surface area contributed by atoms with Gasteiger partial charge in [-0.25, -0.2) is 0 Å². The molecule has 0 atom stereocenters. The number of carbonyl (C=O) groups excluding carboxylic acids is 1. The van der Waals surface area contributed by atoms with E-state index in [0.29, 0.717) is 12.6 Å². The van der Waals surface area contributed by atoms with Crippen LogP contribution in [0.5, 0.6) is 0 Å². The van der Waals surface area contributed by atoms with Gasteiger partial charge < -0.3 is 15.5 Å². The molecule has 1 heterocycles. The van der Waals surface area contributed by atoms with Crippen LogP contribution in [0.25, 0.3) is 0 Å². The third-order valence-corrected chi connectivity index (χ3v) is 4.02. The zero-order valence-corrected chi connectivity index (χ0v) is 12.7. The molecule has 0 aromatic heterocycles. The first kappa shape index (κ1) is 15.0. The van der Waals surface area contributed by atoms with E-state index in [2.05, 4.69) is 42.5 Å². The van der Waals surface area contributed by atoms with Gasteiger partial charge in [0.15, 0.2) is 0 Å².